The molecule has 2 aliphatic rings. The molecule has 2 fully saturated rings. The van der Waals surface area contributed by atoms with Gasteiger partial charge in [-0.25, -0.2) is 13.2 Å². The first-order chi connectivity index (χ1) is 11.6. The summed E-state index contributed by atoms with van der Waals surface area (Å²) in [5.41, 5.74) is 0. The summed E-state index contributed by atoms with van der Waals surface area (Å²) in [5.74, 6) is -0.502. The third-order valence-corrected chi connectivity index (χ3v) is 5.47. The van der Waals surface area contributed by atoms with Crippen LogP contribution in [-0.2, 0) is 9.47 Å². The van der Waals surface area contributed by atoms with E-state index in [1.807, 2.05) is 6.92 Å². The molecule has 0 radical (unpaired) electrons. The van der Waals surface area contributed by atoms with E-state index >= 15 is 0 Å². The zero-order valence-corrected chi connectivity index (χ0v) is 14.6. The molecule has 0 bridgehead atoms. The van der Waals surface area contributed by atoms with Gasteiger partial charge >= 0.3 is 0 Å². The summed E-state index contributed by atoms with van der Waals surface area (Å²) in [7, 11) is 0. The Morgan fingerprint density at radius 3 is 2.42 bits per heavy atom. The molecule has 2 saturated carbocycles. The highest BCUT2D eigenvalue weighted by Gasteiger charge is 2.46. The molecular formula is C19H31F3O2. The Morgan fingerprint density at radius 2 is 1.75 bits per heavy atom. The fourth-order valence-corrected chi connectivity index (χ4v) is 4.05. The van der Waals surface area contributed by atoms with Crippen molar-refractivity contribution in [3.05, 3.63) is 12.7 Å². The number of rotatable bonds is 8. The van der Waals surface area contributed by atoms with Crippen molar-refractivity contribution < 1.29 is 22.6 Å². The number of ether oxygens (including phenoxy) is 2. The maximum atomic E-state index is 14.6. The molecule has 0 aromatic carbocycles. The lowest BCUT2D eigenvalue weighted by molar-refractivity contribution is -0.0980. The van der Waals surface area contributed by atoms with Crippen molar-refractivity contribution in [2.75, 3.05) is 13.2 Å². The maximum Gasteiger partial charge on any atom is 0.157 e. The van der Waals surface area contributed by atoms with Crippen molar-refractivity contribution in [2.45, 2.75) is 82.6 Å². The second kappa shape index (κ2) is 9.81. The molecular weight excluding hydrogens is 317 g/mol. The van der Waals surface area contributed by atoms with Crippen molar-refractivity contribution in [3.63, 3.8) is 0 Å². The van der Waals surface area contributed by atoms with E-state index in [1.54, 1.807) is 6.08 Å². The summed E-state index contributed by atoms with van der Waals surface area (Å²) < 4.78 is 54.2. The van der Waals surface area contributed by atoms with Gasteiger partial charge in [-0.15, -0.1) is 6.58 Å². The van der Waals surface area contributed by atoms with Crippen molar-refractivity contribution in [3.8, 4) is 0 Å². The topological polar surface area (TPSA) is 18.5 Å². The van der Waals surface area contributed by atoms with E-state index in [-0.39, 0.29) is 12.3 Å². The van der Waals surface area contributed by atoms with Gasteiger partial charge in [-0.05, 0) is 50.4 Å². The Morgan fingerprint density at radius 1 is 1.00 bits per heavy atom. The molecule has 0 aromatic rings. The summed E-state index contributed by atoms with van der Waals surface area (Å²) in [6.07, 6.45) is 0.746. The van der Waals surface area contributed by atoms with Crippen molar-refractivity contribution in [1.82, 2.24) is 0 Å². The van der Waals surface area contributed by atoms with Gasteiger partial charge in [0.1, 0.15) is 12.3 Å². The normalized spacial score (nSPS) is 40.4. The molecule has 0 aromatic heterocycles. The molecule has 0 aliphatic heterocycles. The van der Waals surface area contributed by atoms with Crippen LogP contribution in [0, 0.1) is 11.8 Å². The molecule has 0 amide bonds. The molecule has 0 N–H and O–H groups in total. The predicted octanol–water partition coefficient (Wildman–Crippen LogP) is 4.97. The minimum atomic E-state index is -1.59. The molecule has 2 rings (SSSR count). The Bertz CT molecular complexity index is 380. The fraction of sp³-hybridized carbons (Fsp3) is 0.895. The molecule has 2 aliphatic carbocycles. The lowest BCUT2D eigenvalue weighted by atomic mass is 9.70. The van der Waals surface area contributed by atoms with Crippen molar-refractivity contribution in [1.29, 1.82) is 0 Å². The quantitative estimate of drug-likeness (QED) is 0.455. The number of halogens is 3. The maximum absolute atomic E-state index is 14.6. The monoisotopic (exact) mass is 348 g/mol. The van der Waals surface area contributed by atoms with E-state index in [4.69, 9.17) is 9.47 Å². The van der Waals surface area contributed by atoms with Crippen LogP contribution in [0.5, 0.6) is 0 Å². The highest BCUT2D eigenvalue weighted by Crippen LogP contribution is 2.42. The summed E-state index contributed by atoms with van der Waals surface area (Å²) >= 11 is 0. The zero-order valence-electron chi connectivity index (χ0n) is 14.6. The van der Waals surface area contributed by atoms with Crippen LogP contribution in [0.15, 0.2) is 12.7 Å². The fourth-order valence-electron chi connectivity index (χ4n) is 4.05. The third-order valence-electron chi connectivity index (χ3n) is 5.47. The van der Waals surface area contributed by atoms with Gasteiger partial charge in [0.2, 0.25) is 0 Å². The van der Waals surface area contributed by atoms with Gasteiger partial charge in [-0.2, -0.15) is 0 Å². The van der Waals surface area contributed by atoms with Crippen LogP contribution in [0.1, 0.15) is 51.9 Å². The standard InChI is InChI=1S/C19H31F3O2/c1-3-5-11-24-17-9-7-14(18(21)19(17)22)13-6-8-16(15(20)12-13)23-10-4-2/h4,13-19H,2-3,5-12H2,1H3. The minimum Gasteiger partial charge on any atom is -0.375 e. The molecule has 0 saturated heterocycles. The highest BCUT2D eigenvalue weighted by molar-refractivity contribution is 4.95. The summed E-state index contributed by atoms with van der Waals surface area (Å²) in [5, 5.41) is 0. The molecule has 24 heavy (non-hydrogen) atoms. The Hall–Kier alpha value is -0.550. The molecule has 5 heteroatoms. The number of unbranched alkanes of at least 4 members (excludes halogenated alkanes) is 1. The Kier molecular flexibility index (Phi) is 8.08. The van der Waals surface area contributed by atoms with Gasteiger partial charge in [0.05, 0.1) is 18.8 Å². The van der Waals surface area contributed by atoms with E-state index in [0.717, 1.165) is 12.8 Å². The van der Waals surface area contributed by atoms with Crippen molar-refractivity contribution in [2.24, 2.45) is 11.8 Å². The largest absolute Gasteiger partial charge is 0.375 e. The average Bonchev–Trinajstić information content (AvgIpc) is 2.58. The SMILES string of the molecule is C=CCOC1CCC(C2CCC(OCCCC)C(F)C2F)CC1F. The smallest absolute Gasteiger partial charge is 0.157 e. The van der Waals surface area contributed by atoms with Crippen molar-refractivity contribution >= 4 is 0 Å². The second-order valence-corrected chi connectivity index (χ2v) is 7.14. The van der Waals surface area contributed by atoms with Gasteiger partial charge < -0.3 is 9.47 Å². The van der Waals surface area contributed by atoms with E-state index in [0.29, 0.717) is 38.9 Å². The molecule has 0 heterocycles. The number of alkyl halides is 3. The van der Waals surface area contributed by atoms with Gasteiger partial charge in [-0.3, -0.25) is 0 Å². The van der Waals surface area contributed by atoms with E-state index in [9.17, 15) is 13.2 Å². The molecule has 140 valence electrons. The van der Waals surface area contributed by atoms with Crippen LogP contribution in [0.4, 0.5) is 13.2 Å². The molecule has 7 unspecified atom stereocenters. The van der Waals surface area contributed by atoms with Crippen LogP contribution >= 0.6 is 0 Å². The Labute approximate surface area is 143 Å². The van der Waals surface area contributed by atoms with Gasteiger partial charge in [-0.1, -0.05) is 19.4 Å². The first kappa shape index (κ1) is 19.8. The average molecular weight is 348 g/mol. The lowest BCUT2D eigenvalue weighted by Crippen LogP contribution is -2.47. The van der Waals surface area contributed by atoms with Crippen LogP contribution < -0.4 is 0 Å². The van der Waals surface area contributed by atoms with Crippen LogP contribution in [-0.4, -0.2) is 43.9 Å². The number of hydrogen-bond donors (Lipinski definition) is 0. The van der Waals surface area contributed by atoms with E-state index in [2.05, 4.69) is 6.58 Å². The number of hydrogen-bond acceptors (Lipinski definition) is 2. The molecule has 2 nitrogen and oxygen atoms in total. The van der Waals surface area contributed by atoms with Gasteiger partial charge in [0, 0.05) is 6.61 Å². The van der Waals surface area contributed by atoms with Gasteiger partial charge in [0.15, 0.2) is 6.17 Å². The summed E-state index contributed by atoms with van der Waals surface area (Å²) in [4.78, 5) is 0. The van der Waals surface area contributed by atoms with E-state index < -0.39 is 36.6 Å². The molecule has 7 atom stereocenters. The van der Waals surface area contributed by atoms with Crippen LogP contribution in [0.3, 0.4) is 0 Å². The van der Waals surface area contributed by atoms with Crippen LogP contribution in [0.25, 0.3) is 0 Å². The van der Waals surface area contributed by atoms with E-state index in [1.165, 1.54) is 0 Å². The summed E-state index contributed by atoms with van der Waals surface area (Å²) in [6, 6.07) is 0. The Balaban J connectivity index is 1.84. The second-order valence-electron chi connectivity index (χ2n) is 7.14. The molecule has 0 spiro atoms. The predicted molar refractivity (Wildman–Crippen MR) is 89.3 cm³/mol. The first-order valence-electron chi connectivity index (χ1n) is 9.34. The third kappa shape index (κ3) is 4.98. The first-order valence-corrected chi connectivity index (χ1v) is 9.34. The minimum absolute atomic E-state index is 0.103. The highest BCUT2D eigenvalue weighted by atomic mass is 19.2. The zero-order chi connectivity index (χ0) is 17.5. The summed E-state index contributed by atoms with van der Waals surface area (Å²) in [6.45, 7) is 6.41. The lowest BCUT2D eigenvalue weighted by Gasteiger charge is -2.42. The van der Waals surface area contributed by atoms with Crippen LogP contribution in [0.2, 0.25) is 0 Å². The van der Waals surface area contributed by atoms with Gasteiger partial charge in [0.25, 0.3) is 0 Å².